The first-order chi connectivity index (χ1) is 11.1. The maximum Gasteiger partial charge on any atom is 0.402 e. The molecule has 0 bridgehead atoms. The fourth-order valence-corrected chi connectivity index (χ4v) is 3.05. The number of hydrogen-bond acceptors (Lipinski definition) is 4. The molecule has 0 atom stereocenters. The van der Waals surface area contributed by atoms with Crippen molar-refractivity contribution in [3.8, 4) is 11.4 Å². The number of imidazole rings is 1. The molecule has 0 spiro atoms. The Morgan fingerprint density at radius 1 is 1.26 bits per heavy atom. The predicted molar refractivity (Wildman–Crippen MR) is 81.0 cm³/mol. The summed E-state index contributed by atoms with van der Waals surface area (Å²) in [6, 6.07) is 5.16. The van der Waals surface area contributed by atoms with Gasteiger partial charge in [0.1, 0.15) is 5.75 Å². The molecule has 1 aromatic carbocycles. The van der Waals surface area contributed by atoms with Crippen LogP contribution >= 0.6 is 0 Å². The third-order valence-corrected chi connectivity index (χ3v) is 4.24. The standard InChI is InChI=1S/C16H18F2N4O/c17-16(18)8-12-1-2-14(7-15(12)23-16)22-10-13(20-11-22)9-21-5-3-19-4-6-21/h1-2,7,10-11,19H,3-6,8-9H2. The van der Waals surface area contributed by atoms with Gasteiger partial charge in [0.25, 0.3) is 0 Å². The third-order valence-electron chi connectivity index (χ3n) is 4.24. The van der Waals surface area contributed by atoms with E-state index in [1.54, 1.807) is 18.5 Å². The number of rotatable bonds is 3. The van der Waals surface area contributed by atoms with E-state index in [1.165, 1.54) is 0 Å². The highest BCUT2D eigenvalue weighted by atomic mass is 19.3. The molecule has 0 radical (unpaired) electrons. The van der Waals surface area contributed by atoms with Crippen LogP contribution < -0.4 is 10.1 Å². The Labute approximate surface area is 132 Å². The van der Waals surface area contributed by atoms with E-state index in [0.717, 1.165) is 44.1 Å². The zero-order chi connectivity index (χ0) is 15.9. The van der Waals surface area contributed by atoms with Crippen molar-refractivity contribution in [2.24, 2.45) is 0 Å². The van der Waals surface area contributed by atoms with Crippen molar-refractivity contribution in [2.45, 2.75) is 19.1 Å². The molecule has 1 saturated heterocycles. The molecule has 4 rings (SSSR count). The lowest BCUT2D eigenvalue weighted by Gasteiger charge is -2.26. The Balaban J connectivity index is 1.51. The van der Waals surface area contributed by atoms with Gasteiger partial charge in [0.2, 0.25) is 0 Å². The maximum atomic E-state index is 13.3. The van der Waals surface area contributed by atoms with Gasteiger partial charge >= 0.3 is 6.11 Å². The van der Waals surface area contributed by atoms with Crippen LogP contribution in [-0.2, 0) is 13.0 Å². The van der Waals surface area contributed by atoms with Gasteiger partial charge in [0.05, 0.1) is 24.1 Å². The van der Waals surface area contributed by atoms with Crippen LogP contribution in [0.25, 0.3) is 5.69 Å². The summed E-state index contributed by atoms with van der Waals surface area (Å²) in [5.41, 5.74) is 2.29. The summed E-state index contributed by atoms with van der Waals surface area (Å²) in [5, 5.41) is 3.32. The van der Waals surface area contributed by atoms with Crippen LogP contribution in [0.1, 0.15) is 11.3 Å². The average Bonchev–Trinajstić information content (AvgIpc) is 3.10. The number of benzene rings is 1. The van der Waals surface area contributed by atoms with Crippen LogP contribution in [0.15, 0.2) is 30.7 Å². The van der Waals surface area contributed by atoms with Crippen molar-refractivity contribution < 1.29 is 13.5 Å². The van der Waals surface area contributed by atoms with Crippen molar-refractivity contribution in [1.82, 2.24) is 19.8 Å². The highest BCUT2D eigenvalue weighted by Gasteiger charge is 2.39. The van der Waals surface area contributed by atoms with E-state index in [1.807, 2.05) is 16.8 Å². The van der Waals surface area contributed by atoms with Gasteiger partial charge in [-0.1, -0.05) is 6.07 Å². The summed E-state index contributed by atoms with van der Waals surface area (Å²) in [7, 11) is 0. The quantitative estimate of drug-likeness (QED) is 0.936. The normalized spacial score (nSPS) is 20.3. The van der Waals surface area contributed by atoms with Crippen molar-refractivity contribution in [3.05, 3.63) is 42.0 Å². The van der Waals surface area contributed by atoms with E-state index < -0.39 is 6.11 Å². The molecular formula is C16H18F2N4O. The first kappa shape index (κ1) is 14.6. The molecule has 7 heteroatoms. The minimum Gasteiger partial charge on any atom is -0.432 e. The van der Waals surface area contributed by atoms with Crippen molar-refractivity contribution in [3.63, 3.8) is 0 Å². The number of nitrogens with one attached hydrogen (secondary N) is 1. The Morgan fingerprint density at radius 2 is 2.09 bits per heavy atom. The molecule has 0 amide bonds. The van der Waals surface area contributed by atoms with Crippen LogP contribution in [0.2, 0.25) is 0 Å². The zero-order valence-electron chi connectivity index (χ0n) is 12.6. The van der Waals surface area contributed by atoms with Gasteiger partial charge < -0.3 is 14.6 Å². The Morgan fingerprint density at radius 3 is 2.91 bits per heavy atom. The molecule has 0 aliphatic carbocycles. The summed E-state index contributed by atoms with van der Waals surface area (Å²) < 4.78 is 33.1. The molecule has 2 aromatic rings. The van der Waals surface area contributed by atoms with Gasteiger partial charge in [-0.05, 0) is 6.07 Å². The second-order valence-corrected chi connectivity index (χ2v) is 6.01. The monoisotopic (exact) mass is 320 g/mol. The largest absolute Gasteiger partial charge is 0.432 e. The molecule has 2 aliphatic rings. The van der Waals surface area contributed by atoms with E-state index >= 15 is 0 Å². The summed E-state index contributed by atoms with van der Waals surface area (Å²) >= 11 is 0. The fourth-order valence-electron chi connectivity index (χ4n) is 3.05. The predicted octanol–water partition coefficient (Wildman–Crippen LogP) is 1.81. The number of aromatic nitrogens is 2. The molecule has 2 aliphatic heterocycles. The van der Waals surface area contributed by atoms with Crippen LogP contribution in [0.3, 0.4) is 0 Å². The van der Waals surface area contributed by atoms with E-state index in [-0.39, 0.29) is 12.2 Å². The summed E-state index contributed by atoms with van der Waals surface area (Å²) in [4.78, 5) is 6.76. The minimum absolute atomic E-state index is 0.254. The summed E-state index contributed by atoms with van der Waals surface area (Å²) in [5.74, 6) is 0.254. The number of nitrogens with zero attached hydrogens (tertiary/aromatic N) is 3. The summed E-state index contributed by atoms with van der Waals surface area (Å²) in [6.45, 7) is 4.81. The van der Waals surface area contributed by atoms with E-state index in [2.05, 4.69) is 15.2 Å². The molecule has 0 unspecified atom stereocenters. The first-order valence-electron chi connectivity index (χ1n) is 7.75. The van der Waals surface area contributed by atoms with Crippen molar-refractivity contribution >= 4 is 0 Å². The first-order valence-corrected chi connectivity index (χ1v) is 7.75. The Hall–Kier alpha value is -1.99. The highest BCUT2D eigenvalue weighted by molar-refractivity contribution is 5.47. The average molecular weight is 320 g/mol. The minimum atomic E-state index is -3.09. The third kappa shape index (κ3) is 3.07. The molecule has 3 heterocycles. The van der Waals surface area contributed by atoms with Crippen LogP contribution in [0.4, 0.5) is 8.78 Å². The van der Waals surface area contributed by atoms with Gasteiger partial charge in [-0.25, -0.2) is 4.98 Å². The van der Waals surface area contributed by atoms with Gasteiger partial charge in [-0.2, -0.15) is 8.78 Å². The van der Waals surface area contributed by atoms with E-state index in [0.29, 0.717) is 5.56 Å². The molecule has 1 aromatic heterocycles. The number of fused-ring (bicyclic) bond motifs is 1. The maximum absolute atomic E-state index is 13.3. The van der Waals surface area contributed by atoms with Crippen LogP contribution in [0.5, 0.6) is 5.75 Å². The Bertz CT molecular complexity index is 710. The molecule has 0 saturated carbocycles. The van der Waals surface area contributed by atoms with Crippen LogP contribution in [-0.4, -0.2) is 46.7 Å². The number of halogens is 2. The smallest absolute Gasteiger partial charge is 0.402 e. The number of piperazine rings is 1. The van der Waals surface area contributed by atoms with E-state index in [4.69, 9.17) is 4.74 Å². The highest BCUT2D eigenvalue weighted by Crippen LogP contribution is 2.38. The number of ether oxygens (including phenoxy) is 1. The zero-order valence-corrected chi connectivity index (χ0v) is 12.6. The molecule has 122 valence electrons. The van der Waals surface area contributed by atoms with E-state index in [9.17, 15) is 8.78 Å². The van der Waals surface area contributed by atoms with Gasteiger partial charge in [-0.15, -0.1) is 0 Å². The molecule has 1 fully saturated rings. The number of alkyl halides is 2. The van der Waals surface area contributed by atoms with Gasteiger partial charge in [0, 0.05) is 50.6 Å². The van der Waals surface area contributed by atoms with Crippen molar-refractivity contribution in [1.29, 1.82) is 0 Å². The lowest BCUT2D eigenvalue weighted by atomic mass is 10.1. The molecular weight excluding hydrogens is 302 g/mol. The lowest BCUT2D eigenvalue weighted by Crippen LogP contribution is -2.42. The SMILES string of the molecule is FC1(F)Cc2ccc(-n3cnc(CN4CCNCC4)c3)cc2O1. The lowest BCUT2D eigenvalue weighted by molar-refractivity contribution is -0.159. The topological polar surface area (TPSA) is 42.3 Å². The summed E-state index contributed by atoms with van der Waals surface area (Å²) in [6.07, 6.45) is 0.202. The molecule has 1 N–H and O–H groups in total. The second kappa shape index (κ2) is 5.58. The second-order valence-electron chi connectivity index (χ2n) is 6.01. The van der Waals surface area contributed by atoms with Gasteiger partial charge in [0.15, 0.2) is 0 Å². The molecule has 23 heavy (non-hydrogen) atoms. The van der Waals surface area contributed by atoms with Crippen molar-refractivity contribution in [2.75, 3.05) is 26.2 Å². The number of hydrogen-bond donors (Lipinski definition) is 1. The fraction of sp³-hybridized carbons (Fsp3) is 0.438. The molecule has 5 nitrogen and oxygen atoms in total. The Kier molecular flexibility index (Phi) is 3.54. The van der Waals surface area contributed by atoms with Gasteiger partial charge in [-0.3, -0.25) is 4.90 Å². The van der Waals surface area contributed by atoms with Crippen LogP contribution in [0, 0.1) is 0 Å².